The molecular formula is C10H9FN2O3. The van der Waals surface area contributed by atoms with Gasteiger partial charge in [0, 0.05) is 6.54 Å². The number of aromatic carboxylic acids is 1. The zero-order chi connectivity index (χ0) is 11.7. The predicted molar refractivity (Wildman–Crippen MR) is 53.3 cm³/mol. The number of nitroso groups, excluding NO2 is 1. The van der Waals surface area contributed by atoms with Crippen molar-refractivity contribution in [3.63, 3.8) is 0 Å². The lowest BCUT2D eigenvalue weighted by Crippen LogP contribution is -2.27. The van der Waals surface area contributed by atoms with Gasteiger partial charge in [0.15, 0.2) is 0 Å². The fourth-order valence-electron chi connectivity index (χ4n) is 1.87. The molecule has 0 bridgehead atoms. The Kier molecular flexibility index (Phi) is 2.55. The van der Waals surface area contributed by atoms with Gasteiger partial charge < -0.3 is 5.11 Å². The summed E-state index contributed by atoms with van der Waals surface area (Å²) in [6, 6.07) is 2.28. The first-order valence-corrected chi connectivity index (χ1v) is 4.74. The Balaban J connectivity index is 2.51. The Morgan fingerprint density at radius 1 is 1.50 bits per heavy atom. The standard InChI is InChI=1S/C10H9FN2O3/c11-7-3-6-1-2-13(12-16)5-9(6)8(4-7)10(14)15/h3-4H,1-2,5H2,(H,14,15). The number of hydrogen-bond acceptors (Lipinski definition) is 3. The number of carboxylic acids is 1. The first-order chi connectivity index (χ1) is 7.61. The number of carboxylic acid groups (broad SMARTS) is 1. The van der Waals surface area contributed by atoms with E-state index in [1.165, 1.54) is 11.1 Å². The Morgan fingerprint density at radius 3 is 2.88 bits per heavy atom. The highest BCUT2D eigenvalue weighted by atomic mass is 19.1. The summed E-state index contributed by atoms with van der Waals surface area (Å²) >= 11 is 0. The van der Waals surface area contributed by atoms with Crippen LogP contribution in [0.2, 0.25) is 0 Å². The Morgan fingerprint density at radius 2 is 2.25 bits per heavy atom. The number of nitrogens with zero attached hydrogens (tertiary/aromatic N) is 2. The molecule has 2 rings (SSSR count). The van der Waals surface area contributed by atoms with Crippen LogP contribution in [0.25, 0.3) is 0 Å². The van der Waals surface area contributed by atoms with Crippen molar-refractivity contribution in [2.24, 2.45) is 5.29 Å². The second-order valence-electron chi connectivity index (χ2n) is 3.62. The molecular weight excluding hydrogens is 215 g/mol. The molecule has 0 radical (unpaired) electrons. The zero-order valence-electron chi connectivity index (χ0n) is 8.31. The zero-order valence-corrected chi connectivity index (χ0v) is 8.31. The summed E-state index contributed by atoms with van der Waals surface area (Å²) < 4.78 is 13.1. The lowest BCUT2D eigenvalue weighted by Gasteiger charge is -2.24. The van der Waals surface area contributed by atoms with E-state index in [4.69, 9.17) is 5.11 Å². The van der Waals surface area contributed by atoms with E-state index in [1.54, 1.807) is 0 Å². The lowest BCUT2D eigenvalue weighted by molar-refractivity contribution is 0.0693. The van der Waals surface area contributed by atoms with E-state index >= 15 is 0 Å². The number of benzene rings is 1. The van der Waals surface area contributed by atoms with Gasteiger partial charge in [0.05, 0.1) is 17.4 Å². The molecule has 0 aromatic heterocycles. The minimum Gasteiger partial charge on any atom is -0.478 e. The quantitative estimate of drug-likeness (QED) is 0.774. The smallest absolute Gasteiger partial charge is 0.336 e. The van der Waals surface area contributed by atoms with Gasteiger partial charge in [0.2, 0.25) is 0 Å². The van der Waals surface area contributed by atoms with Gasteiger partial charge in [-0.1, -0.05) is 0 Å². The Bertz CT molecular complexity index is 462. The topological polar surface area (TPSA) is 70.0 Å². The van der Waals surface area contributed by atoms with Crippen molar-refractivity contribution < 1.29 is 14.3 Å². The molecule has 5 nitrogen and oxygen atoms in total. The normalized spacial score (nSPS) is 14.4. The molecule has 1 N–H and O–H groups in total. The van der Waals surface area contributed by atoms with Gasteiger partial charge >= 0.3 is 5.97 Å². The van der Waals surface area contributed by atoms with Crippen LogP contribution in [-0.4, -0.2) is 22.6 Å². The average molecular weight is 224 g/mol. The molecule has 0 atom stereocenters. The van der Waals surface area contributed by atoms with Gasteiger partial charge in [-0.25, -0.2) is 9.18 Å². The summed E-state index contributed by atoms with van der Waals surface area (Å²) in [6.45, 7) is 0.514. The van der Waals surface area contributed by atoms with Crippen LogP contribution in [0, 0.1) is 10.7 Å². The van der Waals surface area contributed by atoms with E-state index in [9.17, 15) is 14.1 Å². The van der Waals surface area contributed by atoms with Crippen molar-refractivity contribution >= 4 is 5.97 Å². The molecule has 1 heterocycles. The van der Waals surface area contributed by atoms with E-state index in [-0.39, 0.29) is 12.1 Å². The second-order valence-corrected chi connectivity index (χ2v) is 3.62. The third kappa shape index (κ3) is 1.73. The molecule has 0 saturated heterocycles. The third-order valence-electron chi connectivity index (χ3n) is 2.63. The van der Waals surface area contributed by atoms with Gasteiger partial charge in [-0.05, 0) is 29.7 Å². The number of hydrogen-bond donors (Lipinski definition) is 1. The highest BCUT2D eigenvalue weighted by Gasteiger charge is 2.22. The molecule has 0 unspecified atom stereocenters. The van der Waals surface area contributed by atoms with Crippen LogP contribution in [0.4, 0.5) is 4.39 Å². The maximum Gasteiger partial charge on any atom is 0.336 e. The minimum atomic E-state index is -1.19. The number of fused-ring (bicyclic) bond motifs is 1. The van der Waals surface area contributed by atoms with Gasteiger partial charge in [-0.15, -0.1) is 4.91 Å². The van der Waals surface area contributed by atoms with E-state index < -0.39 is 11.8 Å². The van der Waals surface area contributed by atoms with Gasteiger partial charge in [0.1, 0.15) is 5.82 Å². The van der Waals surface area contributed by atoms with Crippen LogP contribution in [0.5, 0.6) is 0 Å². The van der Waals surface area contributed by atoms with Crippen LogP contribution in [-0.2, 0) is 13.0 Å². The van der Waals surface area contributed by atoms with Crippen molar-refractivity contribution in [1.82, 2.24) is 5.01 Å². The highest BCUT2D eigenvalue weighted by Crippen LogP contribution is 2.24. The maximum absolute atomic E-state index is 13.1. The highest BCUT2D eigenvalue weighted by molar-refractivity contribution is 5.89. The first kappa shape index (κ1) is 10.5. The summed E-state index contributed by atoms with van der Waals surface area (Å²) in [5.74, 6) is -1.76. The SMILES string of the molecule is O=NN1CCc2cc(F)cc(C(=O)O)c2C1. The van der Waals surface area contributed by atoms with Gasteiger partial charge in [-0.2, -0.15) is 0 Å². The molecule has 1 aromatic rings. The fourth-order valence-corrected chi connectivity index (χ4v) is 1.87. The van der Waals surface area contributed by atoms with E-state index in [1.807, 2.05) is 0 Å². The molecule has 16 heavy (non-hydrogen) atoms. The average Bonchev–Trinajstić information content (AvgIpc) is 2.27. The largest absolute Gasteiger partial charge is 0.478 e. The van der Waals surface area contributed by atoms with E-state index in [0.29, 0.717) is 24.1 Å². The van der Waals surface area contributed by atoms with Crippen molar-refractivity contribution in [3.05, 3.63) is 39.5 Å². The first-order valence-electron chi connectivity index (χ1n) is 4.74. The number of carbonyl (C=O) groups is 1. The van der Waals surface area contributed by atoms with Gasteiger partial charge in [0.25, 0.3) is 0 Å². The molecule has 1 aliphatic rings. The Hall–Kier alpha value is -1.98. The molecule has 0 amide bonds. The van der Waals surface area contributed by atoms with Crippen molar-refractivity contribution in [1.29, 1.82) is 0 Å². The molecule has 84 valence electrons. The van der Waals surface area contributed by atoms with E-state index in [2.05, 4.69) is 5.29 Å². The lowest BCUT2D eigenvalue weighted by atomic mass is 9.95. The molecule has 0 saturated carbocycles. The number of rotatable bonds is 2. The summed E-state index contributed by atoms with van der Waals surface area (Å²) in [5, 5.41) is 12.9. The van der Waals surface area contributed by atoms with Crippen LogP contribution in [0.3, 0.4) is 0 Å². The Labute approximate surface area is 90.4 Å². The number of halogens is 1. The third-order valence-corrected chi connectivity index (χ3v) is 2.63. The molecule has 0 fully saturated rings. The summed E-state index contributed by atoms with van der Waals surface area (Å²) in [6.07, 6.45) is 0.430. The molecule has 1 aromatic carbocycles. The van der Waals surface area contributed by atoms with Crippen LogP contribution in [0.1, 0.15) is 21.5 Å². The maximum atomic E-state index is 13.1. The summed E-state index contributed by atoms with van der Waals surface area (Å²) in [7, 11) is 0. The molecule has 1 aliphatic heterocycles. The molecule has 6 heteroatoms. The van der Waals surface area contributed by atoms with Crippen LogP contribution >= 0.6 is 0 Å². The van der Waals surface area contributed by atoms with Gasteiger partial charge in [-0.3, -0.25) is 5.01 Å². The van der Waals surface area contributed by atoms with Crippen LogP contribution < -0.4 is 0 Å². The fraction of sp³-hybridized carbons (Fsp3) is 0.300. The molecule has 0 spiro atoms. The summed E-state index contributed by atoms with van der Waals surface area (Å²) in [5.41, 5.74) is 1.01. The summed E-state index contributed by atoms with van der Waals surface area (Å²) in [4.78, 5) is 21.3. The van der Waals surface area contributed by atoms with E-state index in [0.717, 1.165) is 6.07 Å². The predicted octanol–water partition coefficient (Wildman–Crippen LogP) is 1.56. The van der Waals surface area contributed by atoms with Crippen molar-refractivity contribution in [3.8, 4) is 0 Å². The van der Waals surface area contributed by atoms with Crippen LogP contribution in [0.15, 0.2) is 17.4 Å². The minimum absolute atomic E-state index is 0.0941. The monoisotopic (exact) mass is 224 g/mol. The second kappa shape index (κ2) is 3.88. The van der Waals surface area contributed by atoms with Crippen molar-refractivity contribution in [2.75, 3.05) is 6.54 Å². The van der Waals surface area contributed by atoms with Crippen molar-refractivity contribution in [2.45, 2.75) is 13.0 Å². The molecule has 0 aliphatic carbocycles.